The fourth-order valence-corrected chi connectivity index (χ4v) is 3.15. The lowest BCUT2D eigenvalue weighted by molar-refractivity contribution is 0.0473. The number of benzene rings is 3. The first-order valence-corrected chi connectivity index (χ1v) is 9.18. The molecule has 0 atom stereocenters. The number of ether oxygens (including phenoxy) is 1. The largest absolute Gasteiger partial charge is 0.457 e. The summed E-state index contributed by atoms with van der Waals surface area (Å²) in [5.74, 6) is -0.385. The van der Waals surface area contributed by atoms with Crippen molar-refractivity contribution in [1.29, 1.82) is 0 Å². The number of esters is 1. The minimum atomic E-state index is -0.385. The van der Waals surface area contributed by atoms with Gasteiger partial charge in [0.25, 0.3) is 0 Å². The monoisotopic (exact) mass is 372 g/mol. The van der Waals surface area contributed by atoms with Crippen LogP contribution in [0.25, 0.3) is 11.1 Å². The van der Waals surface area contributed by atoms with Gasteiger partial charge in [0, 0.05) is 18.8 Å². The molecule has 1 saturated heterocycles. The van der Waals surface area contributed by atoms with Gasteiger partial charge in [0.15, 0.2) is 0 Å². The molecule has 0 aliphatic carbocycles. The van der Waals surface area contributed by atoms with E-state index in [0.29, 0.717) is 18.7 Å². The quantitative estimate of drug-likeness (QED) is 0.682. The van der Waals surface area contributed by atoms with Gasteiger partial charge in [-0.15, -0.1) is 0 Å². The molecule has 0 aromatic heterocycles. The van der Waals surface area contributed by atoms with Crippen molar-refractivity contribution in [3.63, 3.8) is 0 Å². The van der Waals surface area contributed by atoms with Crippen LogP contribution in [0.2, 0.25) is 0 Å². The highest BCUT2D eigenvalue weighted by atomic mass is 16.5. The number of nitrogens with one attached hydrogen (secondary N) is 1. The normalized spacial score (nSPS) is 13.3. The summed E-state index contributed by atoms with van der Waals surface area (Å²) in [5.41, 5.74) is 4.43. The van der Waals surface area contributed by atoms with Crippen LogP contribution in [0.4, 0.5) is 10.5 Å². The van der Waals surface area contributed by atoms with Crippen molar-refractivity contribution in [1.82, 2.24) is 5.32 Å². The van der Waals surface area contributed by atoms with Gasteiger partial charge < -0.3 is 10.1 Å². The van der Waals surface area contributed by atoms with E-state index >= 15 is 0 Å². The Bertz CT molecular complexity index is 967. The van der Waals surface area contributed by atoms with Crippen molar-refractivity contribution in [2.24, 2.45) is 0 Å². The molecule has 1 aliphatic heterocycles. The van der Waals surface area contributed by atoms with Gasteiger partial charge in [0.2, 0.25) is 0 Å². The number of urea groups is 1. The van der Waals surface area contributed by atoms with Crippen LogP contribution in [-0.2, 0) is 11.3 Å². The lowest BCUT2D eigenvalue weighted by Gasteiger charge is -2.14. The third-order valence-corrected chi connectivity index (χ3v) is 4.70. The van der Waals surface area contributed by atoms with Crippen LogP contribution in [0.15, 0.2) is 78.9 Å². The zero-order valence-corrected chi connectivity index (χ0v) is 15.3. The Morgan fingerprint density at radius 1 is 0.893 bits per heavy atom. The van der Waals surface area contributed by atoms with Gasteiger partial charge in [0.1, 0.15) is 6.61 Å². The first kappa shape index (κ1) is 17.8. The van der Waals surface area contributed by atoms with Crippen molar-refractivity contribution in [2.75, 3.05) is 18.0 Å². The van der Waals surface area contributed by atoms with Crippen LogP contribution in [0, 0.1) is 0 Å². The molecular weight excluding hydrogens is 352 g/mol. The second-order valence-corrected chi connectivity index (χ2v) is 6.57. The maximum atomic E-state index is 12.3. The number of anilines is 1. The van der Waals surface area contributed by atoms with Gasteiger partial charge in [-0.25, -0.2) is 9.59 Å². The highest BCUT2D eigenvalue weighted by Crippen LogP contribution is 2.20. The Morgan fingerprint density at radius 3 is 2.21 bits per heavy atom. The van der Waals surface area contributed by atoms with Gasteiger partial charge in [-0.1, -0.05) is 54.6 Å². The molecule has 28 heavy (non-hydrogen) atoms. The number of nitrogens with zero attached hydrogens (tertiary/aromatic N) is 1. The predicted molar refractivity (Wildman–Crippen MR) is 108 cm³/mol. The van der Waals surface area contributed by atoms with Crippen LogP contribution in [0.3, 0.4) is 0 Å². The second-order valence-electron chi connectivity index (χ2n) is 6.57. The fourth-order valence-electron chi connectivity index (χ4n) is 3.15. The van der Waals surface area contributed by atoms with E-state index < -0.39 is 0 Å². The summed E-state index contributed by atoms with van der Waals surface area (Å²) in [5, 5.41) is 2.75. The van der Waals surface area contributed by atoms with Gasteiger partial charge >= 0.3 is 12.0 Å². The average molecular weight is 372 g/mol. The van der Waals surface area contributed by atoms with Crippen LogP contribution in [0.5, 0.6) is 0 Å². The van der Waals surface area contributed by atoms with Gasteiger partial charge in [-0.05, 0) is 41.0 Å². The molecule has 5 nitrogen and oxygen atoms in total. The van der Waals surface area contributed by atoms with E-state index in [1.165, 1.54) is 0 Å². The number of amides is 2. The Hall–Kier alpha value is -3.60. The molecule has 0 saturated carbocycles. The van der Waals surface area contributed by atoms with E-state index in [0.717, 1.165) is 22.4 Å². The number of carbonyl (C=O) groups excluding carboxylic acids is 2. The van der Waals surface area contributed by atoms with E-state index in [9.17, 15) is 9.59 Å². The summed E-state index contributed by atoms with van der Waals surface area (Å²) in [6.45, 7) is 1.47. The van der Waals surface area contributed by atoms with Crippen LogP contribution < -0.4 is 10.2 Å². The minimum absolute atomic E-state index is 0.116. The number of rotatable bonds is 5. The van der Waals surface area contributed by atoms with E-state index in [1.807, 2.05) is 42.5 Å². The number of hydrogen-bond acceptors (Lipinski definition) is 3. The summed E-state index contributed by atoms with van der Waals surface area (Å²) >= 11 is 0. The zero-order chi connectivity index (χ0) is 19.3. The van der Waals surface area contributed by atoms with Gasteiger partial charge in [-0.2, -0.15) is 0 Å². The molecule has 5 heteroatoms. The Morgan fingerprint density at radius 2 is 1.57 bits per heavy atom. The van der Waals surface area contributed by atoms with E-state index in [-0.39, 0.29) is 18.6 Å². The summed E-state index contributed by atoms with van der Waals surface area (Å²) < 4.78 is 5.41. The Balaban J connectivity index is 1.36. The summed E-state index contributed by atoms with van der Waals surface area (Å²) in [7, 11) is 0. The molecule has 140 valence electrons. The maximum absolute atomic E-state index is 12.3. The Labute approximate surface area is 163 Å². The van der Waals surface area contributed by atoms with Crippen molar-refractivity contribution in [2.45, 2.75) is 6.61 Å². The molecule has 0 radical (unpaired) electrons. The molecule has 4 rings (SSSR count). The molecule has 1 aliphatic rings. The molecule has 2 amide bonds. The molecule has 3 aromatic carbocycles. The molecule has 0 spiro atoms. The molecule has 1 N–H and O–H groups in total. The van der Waals surface area contributed by atoms with Crippen LogP contribution in [-0.4, -0.2) is 25.1 Å². The summed E-state index contributed by atoms with van der Waals surface area (Å²) in [6, 6.07) is 24.9. The first-order valence-electron chi connectivity index (χ1n) is 9.18. The predicted octanol–water partition coefficient (Wildman–Crippen LogP) is 4.24. The SMILES string of the molecule is O=C(OCc1ccc(-c2ccccc2)cc1)c1ccc(N2CCNC2=O)cc1. The molecule has 0 unspecified atom stereocenters. The van der Waals surface area contributed by atoms with Gasteiger partial charge in [0.05, 0.1) is 5.56 Å². The third-order valence-electron chi connectivity index (χ3n) is 4.70. The molecule has 1 fully saturated rings. The summed E-state index contributed by atoms with van der Waals surface area (Å²) in [4.78, 5) is 25.6. The van der Waals surface area contributed by atoms with Crippen LogP contribution >= 0.6 is 0 Å². The van der Waals surface area contributed by atoms with Crippen molar-refractivity contribution < 1.29 is 14.3 Å². The summed E-state index contributed by atoms with van der Waals surface area (Å²) in [6.07, 6.45) is 0. The first-order chi connectivity index (χ1) is 13.7. The van der Waals surface area contributed by atoms with Crippen molar-refractivity contribution >= 4 is 17.7 Å². The lowest BCUT2D eigenvalue weighted by atomic mass is 10.0. The highest BCUT2D eigenvalue weighted by molar-refractivity contribution is 5.95. The van der Waals surface area contributed by atoms with Crippen molar-refractivity contribution in [3.8, 4) is 11.1 Å². The average Bonchev–Trinajstić information content (AvgIpc) is 3.19. The molecule has 3 aromatic rings. The number of hydrogen-bond donors (Lipinski definition) is 1. The van der Waals surface area contributed by atoms with E-state index in [4.69, 9.17) is 4.74 Å². The minimum Gasteiger partial charge on any atom is -0.457 e. The smallest absolute Gasteiger partial charge is 0.338 e. The second kappa shape index (κ2) is 7.96. The van der Waals surface area contributed by atoms with Crippen molar-refractivity contribution in [3.05, 3.63) is 90.0 Å². The fraction of sp³-hybridized carbons (Fsp3) is 0.130. The Kier molecular flexibility index (Phi) is 5.06. The maximum Gasteiger partial charge on any atom is 0.338 e. The zero-order valence-electron chi connectivity index (χ0n) is 15.3. The molecule has 1 heterocycles. The van der Waals surface area contributed by atoms with Gasteiger partial charge in [-0.3, -0.25) is 4.90 Å². The van der Waals surface area contributed by atoms with Crippen LogP contribution in [0.1, 0.15) is 15.9 Å². The molecule has 0 bridgehead atoms. The number of carbonyl (C=O) groups is 2. The topological polar surface area (TPSA) is 58.6 Å². The van der Waals surface area contributed by atoms with E-state index in [1.54, 1.807) is 29.2 Å². The molecular formula is C23H20N2O3. The van der Waals surface area contributed by atoms with E-state index in [2.05, 4.69) is 17.4 Å². The lowest BCUT2D eigenvalue weighted by Crippen LogP contribution is -2.27. The highest BCUT2D eigenvalue weighted by Gasteiger charge is 2.21. The standard InChI is InChI=1S/C23H20N2O3/c26-22(20-10-12-21(13-11-20)25-15-14-24-23(25)27)28-16-17-6-8-19(9-7-17)18-4-2-1-3-5-18/h1-13H,14-16H2,(H,24,27). The third kappa shape index (κ3) is 3.88.